The molecule has 0 spiro atoms. The fraction of sp³-hybridized carbons (Fsp3) is 0.235. The third kappa shape index (κ3) is 3.20. The summed E-state index contributed by atoms with van der Waals surface area (Å²) in [4.78, 5) is 12.0. The van der Waals surface area contributed by atoms with Crippen molar-refractivity contribution < 1.29 is 24.5 Å². The van der Waals surface area contributed by atoms with Gasteiger partial charge in [0, 0.05) is 12.0 Å². The molecule has 0 aliphatic carbocycles. The molecule has 0 fully saturated rings. The van der Waals surface area contributed by atoms with Crippen LogP contribution in [0.1, 0.15) is 11.1 Å². The standard InChI is InChI=1S/C17H16O5/c18-13-6-7-14-12(9-13)10-15(17(20)22-14)21-16(19)8-11-4-2-1-3-5-11/h1-7,9,15,17-18,20H,8,10H2. The zero-order valence-corrected chi connectivity index (χ0v) is 11.8. The molecule has 1 aliphatic heterocycles. The molecule has 3 rings (SSSR count). The number of fused-ring (bicyclic) bond motifs is 1. The summed E-state index contributed by atoms with van der Waals surface area (Å²) in [7, 11) is 0. The van der Waals surface area contributed by atoms with Crippen LogP contribution in [0.2, 0.25) is 0 Å². The van der Waals surface area contributed by atoms with Gasteiger partial charge in [0.1, 0.15) is 11.5 Å². The van der Waals surface area contributed by atoms with E-state index in [9.17, 15) is 15.0 Å². The molecule has 0 saturated heterocycles. The fourth-order valence-corrected chi connectivity index (χ4v) is 2.44. The van der Waals surface area contributed by atoms with Crippen molar-refractivity contribution in [3.8, 4) is 11.5 Å². The van der Waals surface area contributed by atoms with E-state index in [4.69, 9.17) is 9.47 Å². The van der Waals surface area contributed by atoms with Gasteiger partial charge in [-0.1, -0.05) is 30.3 Å². The minimum absolute atomic E-state index is 0.105. The topological polar surface area (TPSA) is 76.0 Å². The summed E-state index contributed by atoms with van der Waals surface area (Å²) < 4.78 is 10.6. The van der Waals surface area contributed by atoms with Crippen molar-refractivity contribution in [2.75, 3.05) is 0 Å². The number of phenolic OH excluding ortho intramolecular Hbond substituents is 1. The average molecular weight is 300 g/mol. The number of phenols is 1. The van der Waals surface area contributed by atoms with Gasteiger partial charge in [-0.3, -0.25) is 4.79 Å². The quantitative estimate of drug-likeness (QED) is 0.845. The first kappa shape index (κ1) is 14.4. The van der Waals surface area contributed by atoms with Gasteiger partial charge in [0.05, 0.1) is 6.42 Å². The summed E-state index contributed by atoms with van der Waals surface area (Å²) in [6.45, 7) is 0. The van der Waals surface area contributed by atoms with E-state index in [0.717, 1.165) is 5.56 Å². The molecule has 0 saturated carbocycles. The van der Waals surface area contributed by atoms with Gasteiger partial charge in [-0.2, -0.15) is 0 Å². The van der Waals surface area contributed by atoms with E-state index in [0.29, 0.717) is 17.7 Å². The van der Waals surface area contributed by atoms with Crippen LogP contribution in [0.15, 0.2) is 48.5 Å². The Morgan fingerprint density at radius 3 is 2.77 bits per heavy atom. The van der Waals surface area contributed by atoms with Crippen molar-refractivity contribution in [3.05, 3.63) is 59.7 Å². The Morgan fingerprint density at radius 2 is 2.00 bits per heavy atom. The van der Waals surface area contributed by atoms with Gasteiger partial charge < -0.3 is 19.7 Å². The number of benzene rings is 2. The first-order valence-corrected chi connectivity index (χ1v) is 7.02. The molecule has 5 nitrogen and oxygen atoms in total. The highest BCUT2D eigenvalue weighted by Gasteiger charge is 2.31. The summed E-state index contributed by atoms with van der Waals surface area (Å²) in [6, 6.07) is 13.8. The second kappa shape index (κ2) is 6.07. The first-order valence-electron chi connectivity index (χ1n) is 7.02. The Kier molecular flexibility index (Phi) is 3.98. The van der Waals surface area contributed by atoms with Crippen LogP contribution in [0, 0.1) is 0 Å². The Labute approximate surface area is 127 Å². The number of aliphatic hydroxyl groups is 1. The van der Waals surface area contributed by atoms with Crippen LogP contribution in [-0.4, -0.2) is 28.6 Å². The lowest BCUT2D eigenvalue weighted by Crippen LogP contribution is -2.40. The summed E-state index contributed by atoms with van der Waals surface area (Å²) in [6.07, 6.45) is -1.56. The lowest BCUT2D eigenvalue weighted by Gasteiger charge is -2.29. The number of carbonyl (C=O) groups is 1. The number of ether oxygens (including phenoxy) is 2. The van der Waals surface area contributed by atoms with Crippen molar-refractivity contribution in [2.24, 2.45) is 0 Å². The third-order valence-electron chi connectivity index (χ3n) is 3.51. The molecule has 5 heteroatoms. The van der Waals surface area contributed by atoms with Crippen LogP contribution in [0.4, 0.5) is 0 Å². The minimum Gasteiger partial charge on any atom is -0.508 e. The minimum atomic E-state index is -1.21. The van der Waals surface area contributed by atoms with Crippen molar-refractivity contribution in [3.63, 3.8) is 0 Å². The number of esters is 1. The molecule has 2 unspecified atom stereocenters. The Balaban J connectivity index is 1.66. The second-order valence-corrected chi connectivity index (χ2v) is 5.20. The van der Waals surface area contributed by atoms with E-state index < -0.39 is 18.4 Å². The maximum absolute atomic E-state index is 12.0. The smallest absolute Gasteiger partial charge is 0.310 e. The van der Waals surface area contributed by atoms with Gasteiger partial charge in [0.2, 0.25) is 6.29 Å². The summed E-state index contributed by atoms with van der Waals surface area (Å²) in [5.74, 6) is 0.163. The van der Waals surface area contributed by atoms with Crippen molar-refractivity contribution in [1.82, 2.24) is 0 Å². The van der Waals surface area contributed by atoms with Gasteiger partial charge in [0.25, 0.3) is 0 Å². The van der Waals surface area contributed by atoms with E-state index in [2.05, 4.69) is 0 Å². The van der Waals surface area contributed by atoms with Crippen LogP contribution in [0.5, 0.6) is 11.5 Å². The van der Waals surface area contributed by atoms with E-state index in [1.54, 1.807) is 12.1 Å². The molecule has 114 valence electrons. The number of rotatable bonds is 3. The maximum atomic E-state index is 12.0. The molecule has 0 bridgehead atoms. The largest absolute Gasteiger partial charge is 0.508 e. The molecule has 2 atom stereocenters. The number of hydrogen-bond donors (Lipinski definition) is 2. The number of hydrogen-bond acceptors (Lipinski definition) is 5. The Morgan fingerprint density at radius 1 is 1.23 bits per heavy atom. The van der Waals surface area contributed by atoms with Gasteiger partial charge in [-0.05, 0) is 23.8 Å². The predicted molar refractivity (Wildman–Crippen MR) is 78.5 cm³/mol. The van der Waals surface area contributed by atoms with E-state index in [1.165, 1.54) is 6.07 Å². The molecule has 0 radical (unpaired) electrons. The highest BCUT2D eigenvalue weighted by molar-refractivity contribution is 5.72. The lowest BCUT2D eigenvalue weighted by molar-refractivity contribution is -0.172. The van der Waals surface area contributed by atoms with E-state index in [-0.39, 0.29) is 12.2 Å². The second-order valence-electron chi connectivity index (χ2n) is 5.20. The SMILES string of the molecule is O=C(Cc1ccccc1)OC1Cc2cc(O)ccc2OC1O. The van der Waals surface area contributed by atoms with Crippen molar-refractivity contribution in [2.45, 2.75) is 25.2 Å². The third-order valence-corrected chi connectivity index (χ3v) is 3.51. The number of aliphatic hydroxyl groups excluding tert-OH is 1. The van der Waals surface area contributed by atoms with Crippen LogP contribution < -0.4 is 4.74 Å². The van der Waals surface area contributed by atoms with Gasteiger partial charge in [-0.25, -0.2) is 0 Å². The highest BCUT2D eigenvalue weighted by atomic mass is 16.6. The van der Waals surface area contributed by atoms with Crippen LogP contribution in [0.3, 0.4) is 0 Å². The molecule has 2 aromatic rings. The fourth-order valence-electron chi connectivity index (χ4n) is 2.44. The molecule has 22 heavy (non-hydrogen) atoms. The normalized spacial score (nSPS) is 19.9. The monoisotopic (exact) mass is 300 g/mol. The Hall–Kier alpha value is -2.53. The average Bonchev–Trinajstić information content (AvgIpc) is 2.49. The highest BCUT2D eigenvalue weighted by Crippen LogP contribution is 2.31. The molecule has 1 heterocycles. The van der Waals surface area contributed by atoms with Gasteiger partial charge in [0.15, 0.2) is 6.10 Å². The molecule has 0 amide bonds. The summed E-state index contributed by atoms with van der Waals surface area (Å²) in [5, 5.41) is 19.4. The number of aromatic hydroxyl groups is 1. The van der Waals surface area contributed by atoms with Crippen molar-refractivity contribution in [1.29, 1.82) is 0 Å². The Bertz CT molecular complexity index is 668. The lowest BCUT2D eigenvalue weighted by atomic mass is 10.0. The zero-order chi connectivity index (χ0) is 15.5. The van der Waals surface area contributed by atoms with Crippen LogP contribution >= 0.6 is 0 Å². The first-order chi connectivity index (χ1) is 10.6. The molecule has 0 aromatic heterocycles. The molecular formula is C17H16O5. The molecular weight excluding hydrogens is 284 g/mol. The van der Waals surface area contributed by atoms with E-state index in [1.807, 2.05) is 30.3 Å². The molecule has 2 aromatic carbocycles. The van der Waals surface area contributed by atoms with Gasteiger partial charge >= 0.3 is 5.97 Å². The van der Waals surface area contributed by atoms with Crippen molar-refractivity contribution >= 4 is 5.97 Å². The molecule has 1 aliphatic rings. The number of carbonyl (C=O) groups excluding carboxylic acids is 1. The molecule has 2 N–H and O–H groups in total. The van der Waals surface area contributed by atoms with Crippen LogP contribution in [0.25, 0.3) is 0 Å². The zero-order valence-electron chi connectivity index (χ0n) is 11.8. The maximum Gasteiger partial charge on any atom is 0.310 e. The van der Waals surface area contributed by atoms with Crippen LogP contribution in [-0.2, 0) is 22.4 Å². The van der Waals surface area contributed by atoms with E-state index >= 15 is 0 Å². The van der Waals surface area contributed by atoms with Gasteiger partial charge in [-0.15, -0.1) is 0 Å². The summed E-state index contributed by atoms with van der Waals surface area (Å²) >= 11 is 0. The summed E-state index contributed by atoms with van der Waals surface area (Å²) in [5.41, 5.74) is 1.54. The predicted octanol–water partition coefficient (Wildman–Crippen LogP) is 1.80.